The Morgan fingerprint density at radius 1 is 1.45 bits per heavy atom. The van der Waals surface area contributed by atoms with Crippen molar-refractivity contribution in [2.75, 3.05) is 6.54 Å². The SMILES string of the molecule is CC(C)C(=O)N1CCCC1Cc1noc(-c2cnccn2)n1. The van der Waals surface area contributed by atoms with Gasteiger partial charge in [0.25, 0.3) is 5.89 Å². The van der Waals surface area contributed by atoms with E-state index in [-0.39, 0.29) is 17.9 Å². The van der Waals surface area contributed by atoms with Crippen molar-refractivity contribution in [2.24, 2.45) is 5.92 Å². The Morgan fingerprint density at radius 2 is 2.32 bits per heavy atom. The fourth-order valence-corrected chi connectivity index (χ4v) is 2.73. The maximum atomic E-state index is 12.2. The predicted molar refractivity (Wildman–Crippen MR) is 78.6 cm³/mol. The van der Waals surface area contributed by atoms with Crippen molar-refractivity contribution in [3.05, 3.63) is 24.4 Å². The average molecular weight is 301 g/mol. The molecule has 3 rings (SSSR count). The summed E-state index contributed by atoms with van der Waals surface area (Å²) in [4.78, 5) is 26.6. The van der Waals surface area contributed by atoms with Gasteiger partial charge < -0.3 is 9.42 Å². The third-order valence-corrected chi connectivity index (χ3v) is 3.82. The molecule has 0 aromatic carbocycles. The average Bonchev–Trinajstić information content (AvgIpc) is 3.17. The maximum Gasteiger partial charge on any atom is 0.278 e. The van der Waals surface area contributed by atoms with E-state index in [1.54, 1.807) is 18.6 Å². The molecule has 0 saturated carbocycles. The first-order chi connectivity index (χ1) is 10.6. The highest BCUT2D eigenvalue weighted by atomic mass is 16.5. The number of likely N-dealkylation sites (tertiary alicyclic amines) is 1. The summed E-state index contributed by atoms with van der Waals surface area (Å²) in [5.74, 6) is 1.18. The van der Waals surface area contributed by atoms with Gasteiger partial charge in [0.15, 0.2) is 5.82 Å². The van der Waals surface area contributed by atoms with Crippen LogP contribution in [0.2, 0.25) is 0 Å². The van der Waals surface area contributed by atoms with Crippen LogP contribution in [-0.2, 0) is 11.2 Å². The second-order valence-corrected chi connectivity index (χ2v) is 5.79. The third kappa shape index (κ3) is 2.98. The Bertz CT molecular complexity index is 640. The van der Waals surface area contributed by atoms with Gasteiger partial charge in [0.05, 0.1) is 6.20 Å². The van der Waals surface area contributed by atoms with Crippen LogP contribution in [0.5, 0.6) is 0 Å². The lowest BCUT2D eigenvalue weighted by atomic mass is 10.1. The molecule has 2 aromatic heterocycles. The number of nitrogens with zero attached hydrogens (tertiary/aromatic N) is 5. The molecule has 1 aliphatic rings. The number of hydrogen-bond donors (Lipinski definition) is 0. The molecule has 22 heavy (non-hydrogen) atoms. The van der Waals surface area contributed by atoms with Crippen molar-refractivity contribution >= 4 is 5.91 Å². The van der Waals surface area contributed by atoms with E-state index in [0.717, 1.165) is 19.4 Å². The van der Waals surface area contributed by atoms with Crippen LogP contribution in [0.4, 0.5) is 0 Å². The van der Waals surface area contributed by atoms with Crippen molar-refractivity contribution in [1.82, 2.24) is 25.0 Å². The number of amides is 1. The van der Waals surface area contributed by atoms with Gasteiger partial charge in [0.2, 0.25) is 5.91 Å². The van der Waals surface area contributed by atoms with E-state index in [2.05, 4.69) is 20.1 Å². The molecule has 7 heteroatoms. The molecule has 0 N–H and O–H groups in total. The van der Waals surface area contributed by atoms with E-state index in [9.17, 15) is 4.79 Å². The predicted octanol–water partition coefficient (Wildman–Crippen LogP) is 1.72. The Kier molecular flexibility index (Phi) is 4.13. The van der Waals surface area contributed by atoms with Gasteiger partial charge in [-0.25, -0.2) is 4.98 Å². The van der Waals surface area contributed by atoms with E-state index < -0.39 is 0 Å². The van der Waals surface area contributed by atoms with Crippen molar-refractivity contribution in [1.29, 1.82) is 0 Å². The lowest BCUT2D eigenvalue weighted by Gasteiger charge is -2.25. The van der Waals surface area contributed by atoms with E-state index in [1.807, 2.05) is 18.7 Å². The summed E-state index contributed by atoms with van der Waals surface area (Å²) in [7, 11) is 0. The van der Waals surface area contributed by atoms with Crippen LogP contribution >= 0.6 is 0 Å². The summed E-state index contributed by atoms with van der Waals surface area (Å²) < 4.78 is 5.24. The number of carbonyl (C=O) groups excluding carboxylic acids is 1. The van der Waals surface area contributed by atoms with Crippen LogP contribution in [-0.4, -0.2) is 43.5 Å². The zero-order chi connectivity index (χ0) is 15.5. The molecule has 1 aliphatic heterocycles. The molecule has 3 heterocycles. The minimum absolute atomic E-state index is 0.0148. The second kappa shape index (κ2) is 6.21. The van der Waals surface area contributed by atoms with Crippen molar-refractivity contribution in [3.8, 4) is 11.6 Å². The first kappa shape index (κ1) is 14.6. The van der Waals surface area contributed by atoms with Gasteiger partial charge in [-0.1, -0.05) is 19.0 Å². The highest BCUT2D eigenvalue weighted by Gasteiger charge is 2.31. The molecule has 0 radical (unpaired) electrons. The van der Waals surface area contributed by atoms with Crippen LogP contribution in [0.15, 0.2) is 23.1 Å². The van der Waals surface area contributed by atoms with Gasteiger partial charge in [-0.3, -0.25) is 9.78 Å². The number of carbonyl (C=O) groups is 1. The van der Waals surface area contributed by atoms with Gasteiger partial charge in [0, 0.05) is 37.3 Å². The largest absolute Gasteiger partial charge is 0.339 e. The summed E-state index contributed by atoms with van der Waals surface area (Å²) in [6.45, 7) is 4.67. The smallest absolute Gasteiger partial charge is 0.278 e. The summed E-state index contributed by atoms with van der Waals surface area (Å²) in [6, 6.07) is 0.155. The van der Waals surface area contributed by atoms with Gasteiger partial charge in [-0.2, -0.15) is 4.98 Å². The van der Waals surface area contributed by atoms with Crippen LogP contribution in [0, 0.1) is 5.92 Å². The first-order valence-electron chi connectivity index (χ1n) is 7.54. The van der Waals surface area contributed by atoms with Gasteiger partial charge >= 0.3 is 0 Å². The highest BCUT2D eigenvalue weighted by molar-refractivity contribution is 5.78. The molecule has 0 aliphatic carbocycles. The lowest BCUT2D eigenvalue weighted by Crippen LogP contribution is -2.39. The highest BCUT2D eigenvalue weighted by Crippen LogP contribution is 2.23. The van der Waals surface area contributed by atoms with Crippen molar-refractivity contribution in [3.63, 3.8) is 0 Å². The van der Waals surface area contributed by atoms with E-state index in [4.69, 9.17) is 4.52 Å². The zero-order valence-corrected chi connectivity index (χ0v) is 12.8. The topological polar surface area (TPSA) is 85.0 Å². The molecule has 1 atom stereocenters. The normalized spacial score (nSPS) is 18.1. The van der Waals surface area contributed by atoms with E-state index in [1.165, 1.54) is 0 Å². The Morgan fingerprint density at radius 3 is 3.05 bits per heavy atom. The second-order valence-electron chi connectivity index (χ2n) is 5.79. The fourth-order valence-electron chi connectivity index (χ4n) is 2.73. The minimum atomic E-state index is 0.0148. The molecule has 7 nitrogen and oxygen atoms in total. The number of rotatable bonds is 4. The molecule has 1 amide bonds. The molecule has 0 bridgehead atoms. The standard InChI is InChI=1S/C15H19N5O2/c1-10(2)15(21)20-7-3-4-11(20)8-13-18-14(22-19-13)12-9-16-5-6-17-12/h5-6,9-11H,3-4,7-8H2,1-2H3. The zero-order valence-electron chi connectivity index (χ0n) is 12.8. The van der Waals surface area contributed by atoms with Gasteiger partial charge in [-0.05, 0) is 12.8 Å². The van der Waals surface area contributed by atoms with Gasteiger partial charge in [-0.15, -0.1) is 0 Å². The van der Waals surface area contributed by atoms with Crippen LogP contribution in [0.25, 0.3) is 11.6 Å². The Balaban J connectivity index is 1.71. The molecule has 1 unspecified atom stereocenters. The van der Waals surface area contributed by atoms with Crippen molar-refractivity contribution in [2.45, 2.75) is 39.2 Å². The first-order valence-corrected chi connectivity index (χ1v) is 7.54. The maximum absolute atomic E-state index is 12.2. The molecule has 1 fully saturated rings. The summed E-state index contributed by atoms with van der Waals surface area (Å²) in [5, 5.41) is 4.00. The Labute approximate surface area is 128 Å². The van der Waals surface area contributed by atoms with Crippen molar-refractivity contribution < 1.29 is 9.32 Å². The van der Waals surface area contributed by atoms with Crippen LogP contribution in [0.3, 0.4) is 0 Å². The summed E-state index contributed by atoms with van der Waals surface area (Å²) in [6.07, 6.45) is 7.38. The molecular formula is C15H19N5O2. The van der Waals surface area contributed by atoms with Gasteiger partial charge in [0.1, 0.15) is 5.69 Å². The number of hydrogen-bond acceptors (Lipinski definition) is 6. The molecule has 1 saturated heterocycles. The molecular weight excluding hydrogens is 282 g/mol. The number of aromatic nitrogens is 4. The Hall–Kier alpha value is -2.31. The van der Waals surface area contributed by atoms with E-state index >= 15 is 0 Å². The summed E-state index contributed by atoms with van der Waals surface area (Å²) >= 11 is 0. The van der Waals surface area contributed by atoms with Crippen LogP contribution < -0.4 is 0 Å². The monoisotopic (exact) mass is 301 g/mol. The quantitative estimate of drug-likeness (QED) is 0.854. The van der Waals surface area contributed by atoms with E-state index in [0.29, 0.717) is 23.8 Å². The third-order valence-electron chi connectivity index (χ3n) is 3.82. The van der Waals surface area contributed by atoms with Crippen LogP contribution in [0.1, 0.15) is 32.5 Å². The minimum Gasteiger partial charge on any atom is -0.339 e. The molecule has 0 spiro atoms. The summed E-state index contributed by atoms with van der Waals surface area (Å²) in [5.41, 5.74) is 0.558. The molecule has 116 valence electrons. The fraction of sp³-hybridized carbons (Fsp3) is 0.533. The molecule has 2 aromatic rings. The lowest BCUT2D eigenvalue weighted by molar-refractivity contribution is -0.135.